The van der Waals surface area contributed by atoms with Crippen LogP contribution in [-0.2, 0) is 20.0 Å². The lowest BCUT2D eigenvalue weighted by Crippen LogP contribution is -2.29. The van der Waals surface area contributed by atoms with Crippen molar-refractivity contribution in [3.05, 3.63) is 69.2 Å². The van der Waals surface area contributed by atoms with E-state index in [-0.39, 0.29) is 6.61 Å². The van der Waals surface area contributed by atoms with Gasteiger partial charge in [-0.25, -0.2) is 4.79 Å². The first kappa shape index (κ1) is 18.7. The number of hydrogen-bond acceptors (Lipinski definition) is 4. The lowest BCUT2D eigenvalue weighted by molar-refractivity contribution is -0.157. The highest BCUT2D eigenvalue weighted by atomic mass is 79.9. The first-order valence-electron chi connectivity index (χ1n) is 7.51. The Morgan fingerprint density at radius 1 is 1.32 bits per heavy atom. The molecule has 2 aromatic carbocycles. The summed E-state index contributed by atoms with van der Waals surface area (Å²) in [5.74, 6) is -1.48. The van der Waals surface area contributed by atoms with Gasteiger partial charge in [-0.1, -0.05) is 63.4 Å². The quantitative estimate of drug-likeness (QED) is 0.484. The molecule has 0 saturated carbocycles. The average Bonchev–Trinajstić information content (AvgIpc) is 3.06. The van der Waals surface area contributed by atoms with E-state index in [4.69, 9.17) is 37.4 Å². The van der Waals surface area contributed by atoms with Crippen molar-refractivity contribution >= 4 is 45.1 Å². The van der Waals surface area contributed by atoms with Crippen molar-refractivity contribution < 1.29 is 19.0 Å². The Morgan fingerprint density at radius 3 is 2.76 bits per heavy atom. The van der Waals surface area contributed by atoms with Gasteiger partial charge < -0.3 is 14.2 Å². The summed E-state index contributed by atoms with van der Waals surface area (Å²) in [5, 5.41) is 1.36. The van der Waals surface area contributed by atoms with Crippen LogP contribution in [0.3, 0.4) is 0 Å². The molecule has 0 amide bonds. The third-order valence-electron chi connectivity index (χ3n) is 4.03. The molecule has 0 aliphatic carbocycles. The topological polar surface area (TPSA) is 44.8 Å². The largest absolute Gasteiger partial charge is 0.465 e. The van der Waals surface area contributed by atoms with Crippen LogP contribution in [0, 0.1) is 0 Å². The minimum atomic E-state index is -1.06. The van der Waals surface area contributed by atoms with Crippen LogP contribution < -0.4 is 0 Å². The highest BCUT2D eigenvalue weighted by Crippen LogP contribution is 2.45. The number of carbonyl (C=O) groups is 1. The zero-order chi connectivity index (χ0) is 18.0. The molecule has 1 aliphatic rings. The molecule has 4 nitrogen and oxygen atoms in total. The number of benzene rings is 2. The zero-order valence-electron chi connectivity index (χ0n) is 13.3. The summed E-state index contributed by atoms with van der Waals surface area (Å²) in [6.07, 6.45) is -0.431. The Hall–Kier alpha value is -1.11. The molecule has 1 aliphatic heterocycles. The minimum Gasteiger partial charge on any atom is -0.465 e. The summed E-state index contributed by atoms with van der Waals surface area (Å²) < 4.78 is 17.1. The molecule has 25 heavy (non-hydrogen) atoms. The van der Waals surface area contributed by atoms with Gasteiger partial charge in [-0.3, -0.25) is 0 Å². The fourth-order valence-corrected chi connectivity index (χ4v) is 3.97. The number of rotatable bonds is 4. The van der Waals surface area contributed by atoms with E-state index in [1.54, 1.807) is 30.3 Å². The fourth-order valence-electron chi connectivity index (χ4n) is 2.82. The van der Waals surface area contributed by atoms with Crippen LogP contribution in [0.4, 0.5) is 0 Å². The number of ether oxygens (including phenoxy) is 3. The van der Waals surface area contributed by atoms with Gasteiger partial charge in [0.1, 0.15) is 6.10 Å². The van der Waals surface area contributed by atoms with Crippen molar-refractivity contribution in [2.75, 3.05) is 19.0 Å². The first-order chi connectivity index (χ1) is 12.0. The van der Waals surface area contributed by atoms with Crippen LogP contribution in [0.5, 0.6) is 0 Å². The maximum absolute atomic E-state index is 12.0. The molecule has 0 bridgehead atoms. The lowest BCUT2D eigenvalue weighted by Gasteiger charge is -2.27. The number of alkyl halides is 1. The third kappa shape index (κ3) is 3.57. The van der Waals surface area contributed by atoms with E-state index >= 15 is 0 Å². The summed E-state index contributed by atoms with van der Waals surface area (Å²) >= 11 is 15.8. The summed E-state index contributed by atoms with van der Waals surface area (Å²) in [6, 6.07) is 12.3. The minimum absolute atomic E-state index is 0.276. The molecule has 1 fully saturated rings. The number of hydrogen-bond donors (Lipinski definition) is 0. The highest BCUT2D eigenvalue weighted by Gasteiger charge is 2.45. The fraction of sp³-hybridized carbons (Fsp3) is 0.278. The predicted octanol–water partition coefficient (Wildman–Crippen LogP) is 5.12. The van der Waals surface area contributed by atoms with E-state index < -0.39 is 17.9 Å². The Labute approximate surface area is 164 Å². The highest BCUT2D eigenvalue weighted by molar-refractivity contribution is 9.09. The number of methoxy groups -OCH3 is 1. The molecule has 0 aromatic heterocycles. The summed E-state index contributed by atoms with van der Waals surface area (Å²) in [7, 11) is 1.35. The standard InChI is InChI=1S/C18H15BrCl2O4/c1-23-17(22)13-5-3-2-4-12(13)16-9-24-18(10-19,25-16)14-7-6-11(20)8-15(14)21/h2-8,16H,9-10H2,1H3. The van der Waals surface area contributed by atoms with Gasteiger partial charge in [0, 0.05) is 10.6 Å². The molecular weight excluding hydrogens is 431 g/mol. The third-order valence-corrected chi connectivity index (χ3v) is 5.32. The van der Waals surface area contributed by atoms with Gasteiger partial charge in [-0.05, 0) is 23.8 Å². The van der Waals surface area contributed by atoms with Crippen molar-refractivity contribution in [2.45, 2.75) is 11.9 Å². The second-order valence-electron chi connectivity index (χ2n) is 5.51. The van der Waals surface area contributed by atoms with E-state index in [1.165, 1.54) is 7.11 Å². The Balaban J connectivity index is 1.96. The van der Waals surface area contributed by atoms with Gasteiger partial charge in [0.05, 0.1) is 29.6 Å². The Morgan fingerprint density at radius 2 is 2.08 bits per heavy atom. The van der Waals surface area contributed by atoms with Crippen molar-refractivity contribution in [2.24, 2.45) is 0 Å². The zero-order valence-corrected chi connectivity index (χ0v) is 16.4. The molecule has 1 saturated heterocycles. The van der Waals surface area contributed by atoms with Gasteiger partial charge in [0.25, 0.3) is 0 Å². The van der Waals surface area contributed by atoms with Crippen LogP contribution >= 0.6 is 39.1 Å². The van der Waals surface area contributed by atoms with E-state index in [2.05, 4.69) is 15.9 Å². The van der Waals surface area contributed by atoms with E-state index in [1.807, 2.05) is 12.1 Å². The molecule has 0 radical (unpaired) electrons. The molecule has 2 atom stereocenters. The van der Waals surface area contributed by atoms with Crippen LogP contribution in [0.2, 0.25) is 10.0 Å². The monoisotopic (exact) mass is 444 g/mol. The maximum Gasteiger partial charge on any atom is 0.338 e. The van der Waals surface area contributed by atoms with Gasteiger partial charge in [-0.2, -0.15) is 0 Å². The molecule has 1 heterocycles. The second kappa shape index (κ2) is 7.64. The van der Waals surface area contributed by atoms with Crippen LogP contribution in [0.25, 0.3) is 0 Å². The molecule has 2 unspecified atom stereocenters. The molecule has 132 valence electrons. The van der Waals surface area contributed by atoms with Crippen LogP contribution in [-0.4, -0.2) is 25.0 Å². The molecular formula is C18H15BrCl2O4. The van der Waals surface area contributed by atoms with Gasteiger partial charge in [0.2, 0.25) is 5.79 Å². The number of esters is 1. The van der Waals surface area contributed by atoms with Crippen molar-refractivity contribution in [1.82, 2.24) is 0 Å². The molecule has 0 N–H and O–H groups in total. The van der Waals surface area contributed by atoms with Gasteiger partial charge >= 0.3 is 5.97 Å². The normalized spacial score (nSPS) is 22.8. The van der Waals surface area contributed by atoms with Crippen molar-refractivity contribution in [3.8, 4) is 0 Å². The van der Waals surface area contributed by atoms with Crippen LogP contribution in [0.1, 0.15) is 27.6 Å². The molecule has 0 spiro atoms. The van der Waals surface area contributed by atoms with Gasteiger partial charge in [-0.15, -0.1) is 0 Å². The lowest BCUT2D eigenvalue weighted by atomic mass is 10.0. The van der Waals surface area contributed by atoms with E-state index in [0.29, 0.717) is 32.1 Å². The molecule has 7 heteroatoms. The summed E-state index contributed by atoms with van der Waals surface area (Å²) in [5.41, 5.74) is 1.84. The smallest absolute Gasteiger partial charge is 0.338 e. The van der Waals surface area contributed by atoms with Crippen LogP contribution in [0.15, 0.2) is 42.5 Å². The van der Waals surface area contributed by atoms with E-state index in [0.717, 1.165) is 0 Å². The second-order valence-corrected chi connectivity index (χ2v) is 6.91. The molecule has 2 aromatic rings. The summed E-state index contributed by atoms with van der Waals surface area (Å²) in [4.78, 5) is 12.0. The SMILES string of the molecule is COC(=O)c1ccccc1C1COC(CBr)(c2ccc(Cl)cc2Cl)O1. The molecule has 3 rings (SSSR count). The van der Waals surface area contributed by atoms with Gasteiger partial charge in [0.15, 0.2) is 0 Å². The predicted molar refractivity (Wildman–Crippen MR) is 99.5 cm³/mol. The summed E-state index contributed by atoms with van der Waals surface area (Å²) in [6.45, 7) is 0.276. The van der Waals surface area contributed by atoms with E-state index in [9.17, 15) is 4.79 Å². The maximum atomic E-state index is 12.0. The van der Waals surface area contributed by atoms with Crippen molar-refractivity contribution in [1.29, 1.82) is 0 Å². The first-order valence-corrected chi connectivity index (χ1v) is 9.39. The van der Waals surface area contributed by atoms with Crippen molar-refractivity contribution in [3.63, 3.8) is 0 Å². The average molecular weight is 446 g/mol. The Bertz CT molecular complexity index is 798. The number of halogens is 3. The Kier molecular flexibility index (Phi) is 5.71. The number of carbonyl (C=O) groups excluding carboxylic acids is 1.